The summed E-state index contributed by atoms with van der Waals surface area (Å²) < 4.78 is 0. The average molecular weight is 385 g/mol. The molecule has 1 fully saturated rings. The summed E-state index contributed by atoms with van der Waals surface area (Å²) >= 11 is 0. The standard InChI is InChI=1S/C27H32N2/c1-19(2)21-6-12-24(13-7-21)29(25-14-8-22(9-15-25)20(3)4)26-16-10-23(11-17-26)27(5)18-28-27/h6-17,19-20,28H,18H2,1-5H3. The van der Waals surface area contributed by atoms with Gasteiger partial charge in [-0.15, -0.1) is 0 Å². The Morgan fingerprint density at radius 3 is 1.31 bits per heavy atom. The summed E-state index contributed by atoms with van der Waals surface area (Å²) in [6.07, 6.45) is 0. The highest BCUT2D eigenvalue weighted by atomic mass is 15.2. The normalized spacial score (nSPS) is 18.3. The number of benzene rings is 3. The summed E-state index contributed by atoms with van der Waals surface area (Å²) in [5.74, 6) is 1.07. The molecule has 0 saturated carbocycles. The smallest absolute Gasteiger partial charge is 0.0533 e. The second-order valence-electron chi connectivity index (χ2n) is 9.06. The van der Waals surface area contributed by atoms with E-state index >= 15 is 0 Å². The Labute approximate surface area is 175 Å². The first kappa shape index (κ1) is 19.7. The zero-order chi connectivity index (χ0) is 20.6. The summed E-state index contributed by atoms with van der Waals surface area (Å²) in [6, 6.07) is 27.0. The zero-order valence-corrected chi connectivity index (χ0v) is 18.2. The highest BCUT2D eigenvalue weighted by Crippen LogP contribution is 2.37. The van der Waals surface area contributed by atoms with Crippen LogP contribution in [0.2, 0.25) is 0 Å². The maximum atomic E-state index is 3.46. The minimum Gasteiger partial charge on any atom is -0.311 e. The van der Waals surface area contributed by atoms with Gasteiger partial charge >= 0.3 is 0 Å². The van der Waals surface area contributed by atoms with Crippen LogP contribution in [-0.4, -0.2) is 6.54 Å². The molecular formula is C27H32N2. The summed E-state index contributed by atoms with van der Waals surface area (Å²) in [7, 11) is 0. The van der Waals surface area contributed by atoms with Crippen LogP contribution < -0.4 is 10.2 Å². The second-order valence-corrected chi connectivity index (χ2v) is 9.06. The monoisotopic (exact) mass is 384 g/mol. The van der Waals surface area contributed by atoms with Crippen molar-refractivity contribution in [2.45, 2.75) is 52.0 Å². The molecule has 0 aliphatic carbocycles. The molecular weight excluding hydrogens is 352 g/mol. The molecule has 1 aliphatic rings. The van der Waals surface area contributed by atoms with Gasteiger partial charge in [0.15, 0.2) is 0 Å². The molecule has 2 heteroatoms. The van der Waals surface area contributed by atoms with Gasteiger partial charge in [0.05, 0.1) is 5.54 Å². The molecule has 4 rings (SSSR count). The molecule has 0 spiro atoms. The van der Waals surface area contributed by atoms with E-state index in [2.05, 4.69) is 118 Å². The van der Waals surface area contributed by atoms with Crippen LogP contribution >= 0.6 is 0 Å². The van der Waals surface area contributed by atoms with Gasteiger partial charge < -0.3 is 10.2 Å². The Morgan fingerprint density at radius 1 is 0.655 bits per heavy atom. The molecule has 1 N–H and O–H groups in total. The van der Waals surface area contributed by atoms with Gasteiger partial charge in [0.25, 0.3) is 0 Å². The SMILES string of the molecule is CC(C)c1ccc(N(c2ccc(C(C)C)cc2)c2ccc(C3(C)CN3)cc2)cc1. The molecule has 3 aromatic rings. The molecule has 29 heavy (non-hydrogen) atoms. The molecule has 2 nitrogen and oxygen atoms in total. The van der Waals surface area contributed by atoms with Crippen molar-refractivity contribution in [3.05, 3.63) is 89.5 Å². The average Bonchev–Trinajstić information content (AvgIpc) is 3.48. The summed E-state index contributed by atoms with van der Waals surface area (Å²) in [6.45, 7) is 12.3. The first-order valence-corrected chi connectivity index (χ1v) is 10.7. The molecule has 1 aliphatic heterocycles. The van der Waals surface area contributed by atoms with Gasteiger partial charge in [-0.2, -0.15) is 0 Å². The van der Waals surface area contributed by atoms with Crippen molar-refractivity contribution >= 4 is 17.1 Å². The number of nitrogens with one attached hydrogen (secondary N) is 1. The van der Waals surface area contributed by atoms with Crippen LogP contribution in [0.15, 0.2) is 72.8 Å². The van der Waals surface area contributed by atoms with Crippen LogP contribution in [-0.2, 0) is 5.54 Å². The molecule has 0 bridgehead atoms. The summed E-state index contributed by atoms with van der Waals surface area (Å²) in [5.41, 5.74) is 7.81. The molecule has 0 aromatic heterocycles. The molecule has 1 unspecified atom stereocenters. The molecule has 150 valence electrons. The molecule has 0 amide bonds. The summed E-state index contributed by atoms with van der Waals surface area (Å²) in [4.78, 5) is 2.35. The largest absolute Gasteiger partial charge is 0.311 e. The third kappa shape index (κ3) is 4.09. The Bertz CT molecular complexity index is 895. The third-order valence-corrected chi connectivity index (χ3v) is 6.11. The van der Waals surface area contributed by atoms with Crippen LogP contribution in [0.25, 0.3) is 0 Å². The lowest BCUT2D eigenvalue weighted by molar-refractivity contribution is 0.764. The first-order valence-electron chi connectivity index (χ1n) is 10.7. The Hall–Kier alpha value is -2.58. The van der Waals surface area contributed by atoms with Gasteiger partial charge in [0.2, 0.25) is 0 Å². The minimum atomic E-state index is 0.154. The van der Waals surface area contributed by atoms with Gasteiger partial charge in [-0.25, -0.2) is 0 Å². The van der Waals surface area contributed by atoms with E-state index in [1.165, 1.54) is 33.8 Å². The molecule has 0 radical (unpaired) electrons. The van der Waals surface area contributed by atoms with E-state index in [9.17, 15) is 0 Å². The second kappa shape index (κ2) is 7.68. The Kier molecular flexibility index (Phi) is 5.23. The van der Waals surface area contributed by atoms with Crippen molar-refractivity contribution < 1.29 is 0 Å². The van der Waals surface area contributed by atoms with E-state index in [1.54, 1.807) is 0 Å². The van der Waals surface area contributed by atoms with Crippen LogP contribution in [0.4, 0.5) is 17.1 Å². The number of anilines is 3. The number of nitrogens with zero attached hydrogens (tertiary/aromatic N) is 1. The lowest BCUT2D eigenvalue weighted by Gasteiger charge is -2.26. The van der Waals surface area contributed by atoms with Gasteiger partial charge in [0.1, 0.15) is 0 Å². The van der Waals surface area contributed by atoms with E-state index in [-0.39, 0.29) is 5.54 Å². The van der Waals surface area contributed by atoms with Crippen molar-refractivity contribution in [1.82, 2.24) is 5.32 Å². The van der Waals surface area contributed by atoms with Crippen LogP contribution in [0.1, 0.15) is 63.1 Å². The van der Waals surface area contributed by atoms with Gasteiger partial charge in [0, 0.05) is 23.6 Å². The predicted molar refractivity (Wildman–Crippen MR) is 125 cm³/mol. The fourth-order valence-electron chi connectivity index (χ4n) is 3.78. The Balaban J connectivity index is 1.74. The highest BCUT2D eigenvalue weighted by molar-refractivity contribution is 5.76. The number of hydrogen-bond acceptors (Lipinski definition) is 2. The van der Waals surface area contributed by atoms with E-state index in [4.69, 9.17) is 0 Å². The van der Waals surface area contributed by atoms with Crippen molar-refractivity contribution in [2.24, 2.45) is 0 Å². The molecule has 1 heterocycles. The lowest BCUT2D eigenvalue weighted by atomic mass is 10.00. The Morgan fingerprint density at radius 2 is 1.00 bits per heavy atom. The van der Waals surface area contributed by atoms with Crippen molar-refractivity contribution in [3.8, 4) is 0 Å². The zero-order valence-electron chi connectivity index (χ0n) is 18.2. The van der Waals surface area contributed by atoms with Crippen LogP contribution in [0, 0.1) is 0 Å². The fourth-order valence-corrected chi connectivity index (χ4v) is 3.78. The van der Waals surface area contributed by atoms with E-state index < -0.39 is 0 Å². The molecule has 3 aromatic carbocycles. The van der Waals surface area contributed by atoms with Crippen LogP contribution in [0.5, 0.6) is 0 Å². The maximum Gasteiger partial charge on any atom is 0.0533 e. The van der Waals surface area contributed by atoms with Gasteiger partial charge in [-0.1, -0.05) is 64.1 Å². The quantitative estimate of drug-likeness (QED) is 0.454. The molecule has 1 saturated heterocycles. The van der Waals surface area contributed by atoms with E-state index in [0.29, 0.717) is 11.8 Å². The maximum absolute atomic E-state index is 3.46. The molecule has 1 atom stereocenters. The number of hydrogen-bond donors (Lipinski definition) is 1. The first-order chi connectivity index (χ1) is 13.9. The summed E-state index contributed by atoms with van der Waals surface area (Å²) in [5, 5.41) is 3.46. The highest BCUT2D eigenvalue weighted by Gasteiger charge is 2.38. The third-order valence-electron chi connectivity index (χ3n) is 6.11. The predicted octanol–water partition coefficient (Wildman–Crippen LogP) is 7.22. The van der Waals surface area contributed by atoms with Gasteiger partial charge in [-0.3, -0.25) is 0 Å². The minimum absolute atomic E-state index is 0.154. The van der Waals surface area contributed by atoms with Crippen molar-refractivity contribution in [2.75, 3.05) is 11.4 Å². The fraction of sp³-hybridized carbons (Fsp3) is 0.333. The van der Waals surface area contributed by atoms with Crippen molar-refractivity contribution in [3.63, 3.8) is 0 Å². The van der Waals surface area contributed by atoms with Crippen LogP contribution in [0.3, 0.4) is 0 Å². The van der Waals surface area contributed by atoms with E-state index in [0.717, 1.165) is 6.54 Å². The van der Waals surface area contributed by atoms with E-state index in [1.807, 2.05) is 0 Å². The number of rotatable bonds is 6. The van der Waals surface area contributed by atoms with Gasteiger partial charge in [-0.05, 0) is 71.8 Å². The van der Waals surface area contributed by atoms with Crippen molar-refractivity contribution in [1.29, 1.82) is 0 Å². The topological polar surface area (TPSA) is 25.2 Å². The lowest BCUT2D eigenvalue weighted by Crippen LogP contribution is -2.11.